The summed E-state index contributed by atoms with van der Waals surface area (Å²) in [5, 5.41) is 1.98. The summed E-state index contributed by atoms with van der Waals surface area (Å²) in [6.07, 6.45) is 4.64. The maximum Gasteiger partial charge on any atom is 0.172 e. The van der Waals surface area contributed by atoms with Crippen LogP contribution in [0.1, 0.15) is 47.8 Å². The first-order chi connectivity index (χ1) is 8.81. The van der Waals surface area contributed by atoms with E-state index in [-0.39, 0.29) is 12.1 Å². The molecule has 0 N–H and O–H groups in total. The first kappa shape index (κ1) is 13.7. The van der Waals surface area contributed by atoms with Crippen molar-refractivity contribution in [1.29, 1.82) is 0 Å². The van der Waals surface area contributed by atoms with Gasteiger partial charge in [-0.15, -0.1) is 11.3 Å². The Morgan fingerprint density at radius 2 is 2.44 bits per heavy atom. The average Bonchev–Trinajstić information content (AvgIpc) is 2.87. The van der Waals surface area contributed by atoms with Crippen LogP contribution in [-0.2, 0) is 15.9 Å². The van der Waals surface area contributed by atoms with Crippen LogP contribution in [0.4, 0.5) is 0 Å². The van der Waals surface area contributed by atoms with Gasteiger partial charge in [-0.05, 0) is 42.7 Å². The molecule has 100 valence electrons. The fourth-order valence-electron chi connectivity index (χ4n) is 2.08. The van der Waals surface area contributed by atoms with Crippen LogP contribution >= 0.6 is 11.3 Å². The highest BCUT2D eigenvalue weighted by Gasteiger charge is 2.15. The predicted octanol–water partition coefficient (Wildman–Crippen LogP) is 3.43. The molecule has 3 nitrogen and oxygen atoms in total. The largest absolute Gasteiger partial charge is 0.353 e. The van der Waals surface area contributed by atoms with Gasteiger partial charge in [-0.1, -0.05) is 6.92 Å². The van der Waals surface area contributed by atoms with E-state index in [1.54, 1.807) is 0 Å². The van der Waals surface area contributed by atoms with Gasteiger partial charge in [0.25, 0.3) is 0 Å². The number of thiophene rings is 1. The van der Waals surface area contributed by atoms with E-state index in [1.807, 2.05) is 18.4 Å². The number of hydrogen-bond acceptors (Lipinski definition) is 4. The van der Waals surface area contributed by atoms with Crippen molar-refractivity contribution in [2.24, 2.45) is 0 Å². The Hall–Kier alpha value is -0.710. The summed E-state index contributed by atoms with van der Waals surface area (Å²) < 4.78 is 11.2. The zero-order valence-corrected chi connectivity index (χ0v) is 11.6. The molecule has 0 aliphatic carbocycles. The SMILES string of the molecule is CCC(=O)c1sccc1CCOC1CCCCO1. The quantitative estimate of drug-likeness (QED) is 0.742. The van der Waals surface area contributed by atoms with Gasteiger partial charge < -0.3 is 9.47 Å². The fourth-order valence-corrected chi connectivity index (χ4v) is 3.05. The second kappa shape index (κ2) is 7.02. The molecule has 2 rings (SSSR count). The zero-order chi connectivity index (χ0) is 12.8. The third kappa shape index (κ3) is 3.64. The number of carbonyl (C=O) groups is 1. The van der Waals surface area contributed by atoms with E-state index in [0.717, 1.165) is 36.3 Å². The molecule has 1 aromatic rings. The van der Waals surface area contributed by atoms with E-state index in [4.69, 9.17) is 9.47 Å². The van der Waals surface area contributed by atoms with Crippen molar-refractivity contribution < 1.29 is 14.3 Å². The van der Waals surface area contributed by atoms with E-state index in [1.165, 1.54) is 17.8 Å². The molecule has 1 aliphatic heterocycles. The van der Waals surface area contributed by atoms with Crippen molar-refractivity contribution in [3.8, 4) is 0 Å². The molecule has 0 spiro atoms. The minimum Gasteiger partial charge on any atom is -0.353 e. The molecular weight excluding hydrogens is 248 g/mol. The molecule has 18 heavy (non-hydrogen) atoms. The van der Waals surface area contributed by atoms with Crippen LogP contribution in [0.2, 0.25) is 0 Å². The average molecular weight is 268 g/mol. The molecule has 0 amide bonds. The topological polar surface area (TPSA) is 35.5 Å². The lowest BCUT2D eigenvalue weighted by molar-refractivity contribution is -0.161. The van der Waals surface area contributed by atoms with Crippen LogP contribution in [0.3, 0.4) is 0 Å². The van der Waals surface area contributed by atoms with Gasteiger partial charge in [0.2, 0.25) is 0 Å². The van der Waals surface area contributed by atoms with Crippen molar-refractivity contribution >= 4 is 17.1 Å². The van der Waals surface area contributed by atoms with Gasteiger partial charge in [0.15, 0.2) is 12.1 Å². The zero-order valence-electron chi connectivity index (χ0n) is 10.8. The van der Waals surface area contributed by atoms with Gasteiger partial charge >= 0.3 is 0 Å². The van der Waals surface area contributed by atoms with Gasteiger partial charge in [-0.25, -0.2) is 0 Å². The van der Waals surface area contributed by atoms with Crippen LogP contribution in [0.15, 0.2) is 11.4 Å². The van der Waals surface area contributed by atoms with Gasteiger partial charge in [0, 0.05) is 13.0 Å². The number of rotatable bonds is 6. The minimum absolute atomic E-state index is 0.0392. The molecule has 1 atom stereocenters. The summed E-state index contributed by atoms with van der Waals surface area (Å²) in [5.41, 5.74) is 1.11. The predicted molar refractivity (Wildman–Crippen MR) is 72.2 cm³/mol. The smallest absolute Gasteiger partial charge is 0.172 e. The lowest BCUT2D eigenvalue weighted by atomic mass is 10.1. The molecule has 4 heteroatoms. The molecule has 0 radical (unpaired) electrons. The van der Waals surface area contributed by atoms with Crippen LogP contribution in [0, 0.1) is 0 Å². The van der Waals surface area contributed by atoms with Crippen LogP contribution in [0.5, 0.6) is 0 Å². The van der Waals surface area contributed by atoms with Crippen molar-refractivity contribution in [3.05, 3.63) is 21.9 Å². The Balaban J connectivity index is 1.79. The molecule has 1 aliphatic rings. The number of carbonyl (C=O) groups excluding carboxylic acids is 1. The molecule has 0 bridgehead atoms. The monoisotopic (exact) mass is 268 g/mol. The third-order valence-corrected chi connectivity index (χ3v) is 4.13. The van der Waals surface area contributed by atoms with E-state index in [0.29, 0.717) is 13.0 Å². The van der Waals surface area contributed by atoms with Crippen LogP contribution < -0.4 is 0 Å². The third-order valence-electron chi connectivity index (χ3n) is 3.13. The van der Waals surface area contributed by atoms with Crippen molar-refractivity contribution in [2.45, 2.75) is 45.3 Å². The summed E-state index contributed by atoms with van der Waals surface area (Å²) in [7, 11) is 0. The second-order valence-electron chi connectivity index (χ2n) is 4.47. The second-order valence-corrected chi connectivity index (χ2v) is 5.38. The Morgan fingerprint density at radius 1 is 1.56 bits per heavy atom. The molecule has 0 aromatic carbocycles. The standard InChI is InChI=1S/C14H20O3S/c1-2-12(15)14-11(7-10-18-14)6-9-17-13-5-3-4-8-16-13/h7,10,13H,2-6,8-9H2,1H3. The summed E-state index contributed by atoms with van der Waals surface area (Å²) in [4.78, 5) is 12.6. The first-order valence-corrected chi connectivity index (χ1v) is 7.52. The van der Waals surface area contributed by atoms with Crippen molar-refractivity contribution in [2.75, 3.05) is 13.2 Å². The Bertz CT molecular complexity index is 380. The lowest BCUT2D eigenvalue weighted by Crippen LogP contribution is -2.23. The number of ether oxygens (including phenoxy) is 2. The number of ketones is 1. The Kier molecular flexibility index (Phi) is 5.35. The molecule has 0 saturated carbocycles. The molecule has 1 unspecified atom stereocenters. The minimum atomic E-state index is -0.0392. The normalized spacial score (nSPS) is 19.9. The van der Waals surface area contributed by atoms with E-state index >= 15 is 0 Å². The highest BCUT2D eigenvalue weighted by Crippen LogP contribution is 2.20. The number of Topliss-reactive ketones (excluding diaryl/α,β-unsaturated/α-hetero) is 1. The molecule has 2 heterocycles. The summed E-state index contributed by atoms with van der Waals surface area (Å²) in [6.45, 7) is 3.34. The summed E-state index contributed by atoms with van der Waals surface area (Å²) in [5.74, 6) is 0.230. The maximum absolute atomic E-state index is 11.7. The fraction of sp³-hybridized carbons (Fsp3) is 0.643. The van der Waals surface area contributed by atoms with Gasteiger partial charge in [-0.2, -0.15) is 0 Å². The molecular formula is C14H20O3S. The molecule has 1 fully saturated rings. The van der Waals surface area contributed by atoms with Crippen molar-refractivity contribution in [3.63, 3.8) is 0 Å². The van der Waals surface area contributed by atoms with Gasteiger partial charge in [-0.3, -0.25) is 4.79 Å². The molecule has 1 saturated heterocycles. The summed E-state index contributed by atoms with van der Waals surface area (Å²) in [6, 6.07) is 2.03. The van der Waals surface area contributed by atoms with Crippen molar-refractivity contribution in [1.82, 2.24) is 0 Å². The first-order valence-electron chi connectivity index (χ1n) is 6.64. The number of hydrogen-bond donors (Lipinski definition) is 0. The maximum atomic E-state index is 11.7. The van der Waals surface area contributed by atoms with Gasteiger partial charge in [0.05, 0.1) is 11.5 Å². The van der Waals surface area contributed by atoms with Gasteiger partial charge in [0.1, 0.15) is 0 Å². The summed E-state index contributed by atoms with van der Waals surface area (Å²) >= 11 is 1.53. The van der Waals surface area contributed by atoms with Crippen LogP contribution in [-0.4, -0.2) is 25.3 Å². The Morgan fingerprint density at radius 3 is 3.17 bits per heavy atom. The highest BCUT2D eigenvalue weighted by atomic mass is 32.1. The van der Waals surface area contributed by atoms with E-state index < -0.39 is 0 Å². The van der Waals surface area contributed by atoms with E-state index in [9.17, 15) is 4.79 Å². The van der Waals surface area contributed by atoms with Crippen LogP contribution in [0.25, 0.3) is 0 Å². The lowest BCUT2D eigenvalue weighted by Gasteiger charge is -2.22. The van der Waals surface area contributed by atoms with E-state index in [2.05, 4.69) is 0 Å². The molecule has 1 aromatic heterocycles. The Labute approximate surface area is 112 Å². The highest BCUT2D eigenvalue weighted by molar-refractivity contribution is 7.12.